The Morgan fingerprint density at radius 3 is 1.42 bits per heavy atom. The number of nitrogens with zero attached hydrogens (tertiary/aromatic N) is 8. The number of amides is 6. The van der Waals surface area contributed by atoms with Crippen LogP contribution in [-0.2, 0) is 28.6 Å². The second-order valence-corrected chi connectivity index (χ2v) is 19.9. The Labute approximate surface area is 386 Å². The molecule has 3 aromatic carbocycles. The molecule has 6 amide bonds. The minimum atomic E-state index is -4.97. The zero-order chi connectivity index (χ0) is 47.1. The summed E-state index contributed by atoms with van der Waals surface area (Å²) in [7, 11) is -6.70. The number of aromatic nitrogens is 4. The highest BCUT2D eigenvalue weighted by atomic mass is 32.3. The van der Waals surface area contributed by atoms with E-state index >= 15 is 0 Å². The molecule has 0 radical (unpaired) electrons. The van der Waals surface area contributed by atoms with Gasteiger partial charge in [-0.3, -0.25) is 9.59 Å². The smallest absolute Gasteiger partial charge is 0.396 e. The first-order valence-corrected chi connectivity index (χ1v) is 24.4. The molecule has 0 spiro atoms. The Bertz CT molecular complexity index is 2590. The second-order valence-electron chi connectivity index (χ2n) is 15.5. The average Bonchev–Trinajstić information content (AvgIpc) is 4.10. The van der Waals surface area contributed by atoms with Crippen molar-refractivity contribution >= 4 is 80.5 Å². The summed E-state index contributed by atoms with van der Waals surface area (Å²) in [4.78, 5) is 52.1. The Morgan fingerprint density at radius 2 is 1.06 bits per heavy atom. The molecule has 0 aliphatic carbocycles. The normalized spacial score (nSPS) is 17.9. The van der Waals surface area contributed by atoms with Crippen molar-refractivity contribution in [3.05, 3.63) is 140 Å². The van der Waals surface area contributed by atoms with Crippen LogP contribution in [-0.4, -0.2) is 133 Å². The average molecular weight is 952 g/mol. The highest BCUT2D eigenvalue weighted by Crippen LogP contribution is 2.56. The fraction of sp³-hybridized carbons (Fsp3) is 0.244. The number of nitrogens with one attached hydrogen (secondary N) is 2. The first-order valence-electron chi connectivity index (χ1n) is 21.3. The van der Waals surface area contributed by atoms with E-state index in [9.17, 15) is 27.6 Å². The minimum Gasteiger partial charge on any atom is -0.396 e. The van der Waals surface area contributed by atoms with Gasteiger partial charge in [0.15, 0.2) is 11.6 Å². The summed E-state index contributed by atoms with van der Waals surface area (Å²) in [5, 5.41) is 36.8. The number of allylic oxidation sites excluding steroid dienone is 1. The van der Waals surface area contributed by atoms with Gasteiger partial charge >= 0.3 is 22.5 Å². The van der Waals surface area contributed by atoms with E-state index in [1.165, 1.54) is 47.2 Å². The highest BCUT2D eigenvalue weighted by Gasteiger charge is 2.48. The lowest BCUT2D eigenvalue weighted by Crippen LogP contribution is -2.40. The molecule has 2 fully saturated rings. The molecule has 4 aliphatic heterocycles. The summed E-state index contributed by atoms with van der Waals surface area (Å²) >= 11 is 0. The third kappa shape index (κ3) is 10.2. The molecular formula is C45H48N10O10PS+. The number of aliphatic hydroxyl groups excluding tert-OH is 2. The van der Waals surface area contributed by atoms with Crippen LogP contribution in [0.5, 0.6) is 0 Å². The summed E-state index contributed by atoms with van der Waals surface area (Å²) in [5.74, 6) is 2.01. The number of anilines is 2. The van der Waals surface area contributed by atoms with Gasteiger partial charge in [-0.25, -0.2) is 19.0 Å². The van der Waals surface area contributed by atoms with Gasteiger partial charge in [-0.2, -0.15) is 28.7 Å². The Morgan fingerprint density at radius 1 is 0.672 bits per heavy atom. The Kier molecular flexibility index (Phi) is 14.1. The molecule has 20 nitrogen and oxygen atoms in total. The van der Waals surface area contributed by atoms with Gasteiger partial charge in [0, 0.05) is 37.6 Å². The maximum Gasteiger partial charge on any atom is 0.442 e. The van der Waals surface area contributed by atoms with E-state index in [0.29, 0.717) is 21.5 Å². The molecular weight excluding hydrogens is 904 g/mol. The molecule has 6 heterocycles. The quantitative estimate of drug-likeness (QED) is 0.105. The van der Waals surface area contributed by atoms with Crippen LogP contribution in [0.1, 0.15) is 19.8 Å². The Hall–Kier alpha value is -7.00. The zero-order valence-electron chi connectivity index (χ0n) is 36.2. The number of hydrogen-bond donors (Lipinski definition) is 4. The third-order valence-electron chi connectivity index (χ3n) is 11.0. The third-order valence-corrected chi connectivity index (χ3v) is 15.8. The van der Waals surface area contributed by atoms with E-state index in [-0.39, 0.29) is 63.9 Å². The second kappa shape index (κ2) is 20.3. The first-order chi connectivity index (χ1) is 32.4. The fourth-order valence-corrected chi connectivity index (χ4v) is 12.6. The van der Waals surface area contributed by atoms with Crippen molar-refractivity contribution in [3.63, 3.8) is 0 Å². The summed E-state index contributed by atoms with van der Waals surface area (Å²) in [5.41, 5.74) is 1.02. The molecule has 22 heteroatoms. The molecule has 0 saturated carbocycles. The van der Waals surface area contributed by atoms with Crippen molar-refractivity contribution in [1.29, 1.82) is 0 Å². The van der Waals surface area contributed by atoms with Crippen LogP contribution in [0.15, 0.2) is 140 Å². The summed E-state index contributed by atoms with van der Waals surface area (Å²) in [6, 6.07) is 32.5. The van der Waals surface area contributed by atoms with Crippen LogP contribution >= 0.6 is 7.26 Å². The van der Waals surface area contributed by atoms with Gasteiger partial charge in [0.2, 0.25) is 11.8 Å². The lowest BCUT2D eigenvalue weighted by atomic mass is 10.2. The lowest BCUT2D eigenvalue weighted by Gasteiger charge is -2.23. The van der Waals surface area contributed by atoms with Crippen LogP contribution in [0.4, 0.5) is 21.2 Å². The van der Waals surface area contributed by atoms with Gasteiger partial charge in [0.25, 0.3) is 0 Å². The van der Waals surface area contributed by atoms with Crippen LogP contribution in [0.2, 0.25) is 0 Å². The number of urea groups is 2. The standard InChI is InChI=1S/C24H28N10O10S.C21H20P/c35-7-3-21(37)25-19-1-5-31(27-19)15-9-17-13-29(11-15)23(39)33(17)43-45(41,42)44-34-18-10-16(12-30(14-18)24(34)40)32-6-2-20(28-32)26-22(38)4-8-36;1-2-18-22(19-12-6-3-7-13-19,20-14-8-4-9-15-20)21-16-10-5-11-17-21/h1-2,5-6,9-10,17-18,35-36H,3-4,7-8,11-14H2,(H,25,27,37)(H,26,28,38);2-18H,1H3/q;+1/b;18-2+. The van der Waals surface area contributed by atoms with Crippen molar-refractivity contribution in [2.24, 2.45) is 0 Å². The van der Waals surface area contributed by atoms with Crippen molar-refractivity contribution in [3.8, 4) is 0 Å². The maximum atomic E-state index is 13.0. The maximum absolute atomic E-state index is 13.0. The predicted molar refractivity (Wildman–Crippen MR) is 250 cm³/mol. The molecule has 2 aromatic heterocycles. The predicted octanol–water partition coefficient (Wildman–Crippen LogP) is 2.97. The number of rotatable bonds is 16. The molecule has 2 atom stereocenters. The van der Waals surface area contributed by atoms with E-state index in [4.69, 9.17) is 18.8 Å². The number of aliphatic hydroxyl groups is 2. The Balaban J connectivity index is 0.000000231. The van der Waals surface area contributed by atoms with Gasteiger partial charge in [-0.05, 0) is 55.5 Å². The van der Waals surface area contributed by atoms with Gasteiger partial charge in [-0.1, -0.05) is 60.7 Å². The number of fused-ring (bicyclic) bond motifs is 4. The molecule has 5 aromatic rings. The van der Waals surface area contributed by atoms with Gasteiger partial charge in [-0.15, -0.1) is 8.57 Å². The molecule has 348 valence electrons. The molecule has 4 N–H and O–H groups in total. The molecule has 4 aliphatic rings. The van der Waals surface area contributed by atoms with Crippen LogP contribution in [0.3, 0.4) is 0 Å². The summed E-state index contributed by atoms with van der Waals surface area (Å²) < 4.78 is 38.9. The largest absolute Gasteiger partial charge is 0.442 e. The van der Waals surface area contributed by atoms with E-state index in [1.807, 2.05) is 0 Å². The van der Waals surface area contributed by atoms with Crippen molar-refractivity contribution in [1.82, 2.24) is 39.5 Å². The number of hydroxylamine groups is 4. The zero-order valence-corrected chi connectivity index (χ0v) is 37.9. The molecule has 9 rings (SSSR count). The van der Waals surface area contributed by atoms with Crippen LogP contribution in [0, 0.1) is 0 Å². The molecule has 2 unspecified atom stereocenters. The summed E-state index contributed by atoms with van der Waals surface area (Å²) in [6.07, 6.45) is 8.27. The lowest BCUT2D eigenvalue weighted by molar-refractivity contribution is -0.117. The van der Waals surface area contributed by atoms with Gasteiger partial charge in [0.05, 0.1) is 56.4 Å². The van der Waals surface area contributed by atoms with Crippen LogP contribution in [0.25, 0.3) is 11.4 Å². The number of hydrogen-bond acceptors (Lipinski definition) is 12. The van der Waals surface area contributed by atoms with E-state index < -0.39 is 53.6 Å². The number of carbonyl (C=O) groups is 4. The van der Waals surface area contributed by atoms with E-state index in [2.05, 4.69) is 131 Å². The van der Waals surface area contributed by atoms with Crippen molar-refractivity contribution in [2.45, 2.75) is 31.8 Å². The molecule has 2 saturated heterocycles. The van der Waals surface area contributed by atoms with E-state index in [0.717, 1.165) is 0 Å². The van der Waals surface area contributed by atoms with Crippen molar-refractivity contribution in [2.75, 3.05) is 50.0 Å². The SMILES string of the molecule is C/C=C/[P+](c1ccccc1)(c1ccccc1)c1ccccc1.O=C(CCO)Nc1ccn(C2=CC3CN(C2)C(=O)N3OS(=O)(=O)ON2C(=O)N3CC(n4ccc(NC(=O)CCO)n4)=CC2C3)n1. The summed E-state index contributed by atoms with van der Waals surface area (Å²) in [6.45, 7) is 1.86. The number of carbonyl (C=O) groups excluding carboxylic acids is 4. The fourth-order valence-electron chi connectivity index (χ4n) is 8.08. The molecule has 67 heavy (non-hydrogen) atoms. The minimum absolute atomic E-state index is 0.0667. The topological polar surface area (TPSA) is 234 Å². The highest BCUT2D eigenvalue weighted by molar-refractivity contribution is 7.98. The van der Waals surface area contributed by atoms with Crippen molar-refractivity contribution < 1.29 is 46.4 Å². The molecule has 4 bridgehead atoms. The van der Waals surface area contributed by atoms with Crippen LogP contribution < -0.4 is 26.5 Å². The van der Waals surface area contributed by atoms with E-state index in [1.54, 1.807) is 24.5 Å². The number of benzene rings is 3. The monoisotopic (exact) mass is 951 g/mol. The van der Waals surface area contributed by atoms with Gasteiger partial charge < -0.3 is 30.6 Å². The first kappa shape index (κ1) is 46.5. The van der Waals surface area contributed by atoms with Gasteiger partial charge in [0.1, 0.15) is 35.3 Å².